The van der Waals surface area contributed by atoms with E-state index in [9.17, 15) is 9.59 Å². The summed E-state index contributed by atoms with van der Waals surface area (Å²) in [5, 5.41) is 8.40. The topological polar surface area (TPSA) is 70.2 Å². The molecule has 0 spiro atoms. The van der Waals surface area contributed by atoms with Gasteiger partial charge < -0.3 is 10.1 Å². The average molecular weight is 323 g/mol. The predicted molar refractivity (Wildman–Crippen MR) is 33.1 cm³/mol. The number of aromatic carboxylic acids is 1. The van der Waals surface area contributed by atoms with Gasteiger partial charge in [0, 0.05) is 32.8 Å². The second-order valence-electron chi connectivity index (χ2n) is 1.73. The summed E-state index contributed by atoms with van der Waals surface area (Å²) in [7, 11) is 0. The van der Waals surface area contributed by atoms with Gasteiger partial charge in [0.15, 0.2) is 6.29 Å². The first-order valence-electron chi connectivity index (χ1n) is 2.61. The van der Waals surface area contributed by atoms with E-state index in [0.717, 1.165) is 0 Å². The molecule has 0 saturated heterocycles. The van der Waals surface area contributed by atoms with Crippen molar-refractivity contribution in [1.29, 1.82) is 0 Å². The van der Waals surface area contributed by atoms with E-state index in [4.69, 9.17) is 5.11 Å². The molecule has 1 heterocycles. The van der Waals surface area contributed by atoms with Crippen molar-refractivity contribution < 1.29 is 35.8 Å². The van der Waals surface area contributed by atoms with Crippen LogP contribution in [0.15, 0.2) is 12.3 Å². The molecule has 0 bridgehead atoms. The first-order valence-corrected chi connectivity index (χ1v) is 2.61. The molecule has 11 heavy (non-hydrogen) atoms. The smallest absolute Gasteiger partial charge is 0.353 e. The number of rotatable bonds is 2. The normalized spacial score (nSPS) is 8.36. The van der Waals surface area contributed by atoms with Crippen molar-refractivity contribution in [2.45, 2.75) is 0 Å². The summed E-state index contributed by atoms with van der Waals surface area (Å²) in [6.45, 7) is 0. The molecule has 1 aromatic heterocycles. The van der Waals surface area contributed by atoms with E-state index in [2.05, 4.69) is 4.98 Å². The number of H-pyrrole nitrogens is 1. The fraction of sp³-hybridized carbons (Fsp3) is 0. The van der Waals surface area contributed by atoms with Crippen molar-refractivity contribution in [2.24, 2.45) is 0 Å². The first-order chi connectivity index (χ1) is 4.75. The molecule has 0 aliphatic rings. The van der Waals surface area contributed by atoms with E-state index in [0.29, 0.717) is 6.29 Å². The van der Waals surface area contributed by atoms with E-state index in [-0.39, 0.29) is 32.3 Å². The van der Waals surface area contributed by atoms with Gasteiger partial charge in [-0.15, -0.1) is 0 Å². The predicted octanol–water partition coefficient (Wildman–Crippen LogP) is 0.523. The standard InChI is InChI=1S/C6H5NO3.W/c8-3-4-1-2-7-5(4)6(9)10;/h1-3,7H,(H,9,10);. The van der Waals surface area contributed by atoms with Crippen LogP contribution in [0.25, 0.3) is 0 Å². The zero-order valence-corrected chi connectivity index (χ0v) is 8.34. The fourth-order valence-electron chi connectivity index (χ4n) is 0.665. The minimum atomic E-state index is -1.12. The van der Waals surface area contributed by atoms with Crippen molar-refractivity contribution in [3.63, 3.8) is 0 Å². The van der Waals surface area contributed by atoms with Crippen LogP contribution >= 0.6 is 0 Å². The van der Waals surface area contributed by atoms with Crippen LogP contribution in [0.4, 0.5) is 0 Å². The Morgan fingerprint density at radius 1 is 1.64 bits per heavy atom. The van der Waals surface area contributed by atoms with Crippen molar-refractivity contribution in [3.8, 4) is 0 Å². The maximum atomic E-state index is 10.3. The van der Waals surface area contributed by atoms with Gasteiger partial charge in [0.1, 0.15) is 5.69 Å². The minimum absolute atomic E-state index is 0. The second kappa shape index (κ2) is 4.08. The van der Waals surface area contributed by atoms with Crippen molar-refractivity contribution in [1.82, 2.24) is 4.98 Å². The van der Waals surface area contributed by atoms with Gasteiger partial charge in [0.05, 0.1) is 0 Å². The van der Waals surface area contributed by atoms with Crippen LogP contribution < -0.4 is 0 Å². The molecule has 0 atom stereocenters. The molecular weight excluding hydrogens is 318 g/mol. The number of aromatic amines is 1. The molecule has 1 rings (SSSR count). The molecule has 0 saturated carbocycles. The fourth-order valence-corrected chi connectivity index (χ4v) is 0.665. The van der Waals surface area contributed by atoms with Crippen molar-refractivity contribution in [2.75, 3.05) is 0 Å². The summed E-state index contributed by atoms with van der Waals surface area (Å²) in [6.07, 6.45) is 1.91. The number of carboxylic acids is 1. The van der Waals surface area contributed by atoms with Gasteiger partial charge >= 0.3 is 5.97 Å². The van der Waals surface area contributed by atoms with Crippen LogP contribution in [0, 0.1) is 0 Å². The van der Waals surface area contributed by atoms with Gasteiger partial charge in [-0.05, 0) is 6.07 Å². The number of hydrogen-bond acceptors (Lipinski definition) is 2. The Balaban J connectivity index is 0.000001000. The quantitative estimate of drug-likeness (QED) is 0.780. The zero-order chi connectivity index (χ0) is 7.56. The maximum Gasteiger partial charge on any atom is 0.353 e. The molecule has 2 N–H and O–H groups in total. The third kappa shape index (κ3) is 2.02. The maximum absolute atomic E-state index is 10.3. The van der Waals surface area contributed by atoms with Gasteiger partial charge in [0.25, 0.3) is 0 Å². The Morgan fingerprint density at radius 2 is 2.27 bits per heavy atom. The van der Waals surface area contributed by atoms with Crippen LogP contribution in [-0.2, 0) is 21.1 Å². The zero-order valence-electron chi connectivity index (χ0n) is 5.40. The Bertz CT molecular complexity index is 269. The van der Waals surface area contributed by atoms with Crippen LogP contribution in [-0.4, -0.2) is 22.3 Å². The molecule has 0 amide bonds. The number of carbonyl (C=O) groups excluding carboxylic acids is 1. The Labute approximate surface area is 76.9 Å². The Morgan fingerprint density at radius 3 is 2.64 bits per heavy atom. The van der Waals surface area contributed by atoms with Gasteiger partial charge in [0.2, 0.25) is 0 Å². The molecule has 1 aromatic rings. The van der Waals surface area contributed by atoms with Gasteiger partial charge in [-0.25, -0.2) is 4.79 Å². The molecule has 0 fully saturated rings. The van der Waals surface area contributed by atoms with Gasteiger partial charge in [-0.2, -0.15) is 0 Å². The third-order valence-corrected chi connectivity index (χ3v) is 1.12. The first kappa shape index (κ1) is 10.1. The number of aldehydes is 1. The summed E-state index contributed by atoms with van der Waals surface area (Å²) < 4.78 is 0. The van der Waals surface area contributed by atoms with E-state index in [1.54, 1.807) is 0 Å². The number of hydrogen-bond donors (Lipinski definition) is 2. The van der Waals surface area contributed by atoms with Crippen LogP contribution in [0.2, 0.25) is 0 Å². The second-order valence-corrected chi connectivity index (χ2v) is 1.73. The number of carbonyl (C=O) groups is 2. The van der Waals surface area contributed by atoms with E-state index in [1.807, 2.05) is 0 Å². The molecule has 0 unspecified atom stereocenters. The molecular formula is C6H5NO3W. The molecule has 0 aliphatic heterocycles. The number of nitrogens with one attached hydrogen (secondary N) is 1. The SMILES string of the molecule is O=Cc1cc[nH]c1C(=O)O.[W]. The van der Waals surface area contributed by atoms with Crippen LogP contribution in [0.1, 0.15) is 20.8 Å². The molecule has 4 nitrogen and oxygen atoms in total. The van der Waals surface area contributed by atoms with Crippen molar-refractivity contribution >= 4 is 12.3 Å². The largest absolute Gasteiger partial charge is 0.477 e. The number of carboxylic acid groups (broad SMARTS) is 1. The summed E-state index contributed by atoms with van der Waals surface area (Å²) in [4.78, 5) is 22.8. The summed E-state index contributed by atoms with van der Waals surface area (Å²) in [5.74, 6) is -1.12. The summed E-state index contributed by atoms with van der Waals surface area (Å²) in [6, 6.07) is 1.41. The van der Waals surface area contributed by atoms with Gasteiger partial charge in [-0.3, -0.25) is 4.79 Å². The van der Waals surface area contributed by atoms with Crippen molar-refractivity contribution in [3.05, 3.63) is 23.5 Å². The summed E-state index contributed by atoms with van der Waals surface area (Å²) >= 11 is 0. The van der Waals surface area contributed by atoms with Crippen LogP contribution in [0.3, 0.4) is 0 Å². The molecule has 5 heteroatoms. The Hall–Kier alpha value is -0.892. The molecule has 58 valence electrons. The van der Waals surface area contributed by atoms with Crippen LogP contribution in [0.5, 0.6) is 0 Å². The van der Waals surface area contributed by atoms with Gasteiger partial charge in [-0.1, -0.05) is 0 Å². The third-order valence-electron chi connectivity index (χ3n) is 1.12. The molecule has 0 aliphatic carbocycles. The Kier molecular flexibility index (Phi) is 3.75. The molecule has 0 aromatic carbocycles. The summed E-state index contributed by atoms with van der Waals surface area (Å²) in [5.41, 5.74) is 0.113. The average Bonchev–Trinajstić information content (AvgIpc) is 2.33. The number of aromatic nitrogens is 1. The van der Waals surface area contributed by atoms with E-state index < -0.39 is 5.97 Å². The molecule has 0 radical (unpaired) electrons. The van der Waals surface area contributed by atoms with E-state index in [1.165, 1.54) is 12.3 Å². The monoisotopic (exact) mass is 323 g/mol. The van der Waals surface area contributed by atoms with E-state index >= 15 is 0 Å². The minimum Gasteiger partial charge on any atom is -0.477 e.